The number of nitrogens with zero attached hydrogens (tertiary/aromatic N) is 2. The van der Waals surface area contributed by atoms with Crippen molar-refractivity contribution in [3.05, 3.63) is 0 Å². The van der Waals surface area contributed by atoms with E-state index in [2.05, 4.69) is 37.6 Å². The summed E-state index contributed by atoms with van der Waals surface area (Å²) in [5, 5.41) is 0. The number of nitrogens with two attached hydrogens (primary N) is 1. The van der Waals surface area contributed by atoms with Crippen LogP contribution in [0.5, 0.6) is 0 Å². The molecule has 2 unspecified atom stereocenters. The summed E-state index contributed by atoms with van der Waals surface area (Å²) in [6, 6.07) is 1.02. The lowest BCUT2D eigenvalue weighted by Crippen LogP contribution is -2.48. The van der Waals surface area contributed by atoms with E-state index < -0.39 is 0 Å². The average molecular weight is 183 g/mol. The molecule has 0 fully saturated rings. The smallest absolute Gasteiger partial charge is 0.191 e. The van der Waals surface area contributed by atoms with Gasteiger partial charge in [-0.3, -0.25) is 4.99 Å². The van der Waals surface area contributed by atoms with Crippen LogP contribution in [-0.2, 0) is 0 Å². The second-order valence-electron chi connectivity index (χ2n) is 4.17. The second-order valence-corrected chi connectivity index (χ2v) is 4.17. The molecule has 0 aliphatic carbocycles. The van der Waals surface area contributed by atoms with Crippen LogP contribution in [0.15, 0.2) is 4.99 Å². The van der Waals surface area contributed by atoms with Gasteiger partial charge in [-0.1, -0.05) is 20.8 Å². The summed E-state index contributed by atoms with van der Waals surface area (Å²) in [5.41, 5.74) is 5.86. The molecule has 76 valence electrons. The molecule has 1 heterocycles. The second kappa shape index (κ2) is 3.99. The molecule has 0 saturated heterocycles. The third-order valence-electron chi connectivity index (χ3n) is 2.90. The molecule has 1 rings (SSSR count). The number of hydrogen-bond acceptors (Lipinski definition) is 3. The zero-order valence-electron chi connectivity index (χ0n) is 9.12. The van der Waals surface area contributed by atoms with Gasteiger partial charge >= 0.3 is 0 Å². The summed E-state index contributed by atoms with van der Waals surface area (Å²) in [6.07, 6.45) is 1.12. The standard InChI is InChI=1S/C10H21N3/c1-5-8(4)13-9(7(2)3)6-12-10(13)11/h7-9H,5-6H2,1-4H3,(H2,11,12). The first-order chi connectivity index (χ1) is 6.07. The van der Waals surface area contributed by atoms with Crippen molar-refractivity contribution in [1.82, 2.24) is 4.90 Å². The van der Waals surface area contributed by atoms with Gasteiger partial charge in [-0.05, 0) is 19.3 Å². The van der Waals surface area contributed by atoms with Gasteiger partial charge in [0.1, 0.15) is 0 Å². The van der Waals surface area contributed by atoms with Gasteiger partial charge in [-0.15, -0.1) is 0 Å². The van der Waals surface area contributed by atoms with Gasteiger partial charge in [0, 0.05) is 6.04 Å². The highest BCUT2D eigenvalue weighted by molar-refractivity contribution is 5.80. The minimum Gasteiger partial charge on any atom is -0.370 e. The fourth-order valence-electron chi connectivity index (χ4n) is 1.81. The highest BCUT2D eigenvalue weighted by Crippen LogP contribution is 2.20. The van der Waals surface area contributed by atoms with Crippen LogP contribution >= 0.6 is 0 Å². The molecule has 0 aromatic heterocycles. The summed E-state index contributed by atoms with van der Waals surface area (Å²) in [5.74, 6) is 1.35. The maximum absolute atomic E-state index is 5.86. The summed E-state index contributed by atoms with van der Waals surface area (Å²) in [6.45, 7) is 9.73. The van der Waals surface area contributed by atoms with Gasteiger partial charge in [-0.2, -0.15) is 0 Å². The Bertz CT molecular complexity index is 198. The molecule has 0 amide bonds. The molecular formula is C10H21N3. The van der Waals surface area contributed by atoms with Gasteiger partial charge < -0.3 is 10.6 Å². The molecule has 3 heteroatoms. The molecule has 1 aliphatic rings. The largest absolute Gasteiger partial charge is 0.370 e. The monoisotopic (exact) mass is 183 g/mol. The van der Waals surface area contributed by atoms with E-state index in [1.54, 1.807) is 0 Å². The maximum Gasteiger partial charge on any atom is 0.191 e. The van der Waals surface area contributed by atoms with E-state index in [0.717, 1.165) is 18.9 Å². The number of rotatable bonds is 3. The molecule has 2 atom stereocenters. The third kappa shape index (κ3) is 1.95. The zero-order chi connectivity index (χ0) is 10.0. The highest BCUT2D eigenvalue weighted by atomic mass is 15.3. The Kier molecular flexibility index (Phi) is 3.17. The molecule has 2 N–H and O–H groups in total. The fourth-order valence-corrected chi connectivity index (χ4v) is 1.81. The Morgan fingerprint density at radius 2 is 2.15 bits per heavy atom. The Hall–Kier alpha value is -0.730. The number of guanidine groups is 1. The van der Waals surface area contributed by atoms with E-state index in [-0.39, 0.29) is 0 Å². The predicted octanol–water partition coefficient (Wildman–Crippen LogP) is 1.44. The quantitative estimate of drug-likeness (QED) is 0.719. The van der Waals surface area contributed by atoms with Crippen molar-refractivity contribution in [1.29, 1.82) is 0 Å². The molecule has 0 aromatic carbocycles. The van der Waals surface area contributed by atoms with Crippen molar-refractivity contribution < 1.29 is 0 Å². The Balaban J connectivity index is 2.71. The molecule has 0 aromatic rings. The lowest BCUT2D eigenvalue weighted by molar-refractivity contribution is 0.219. The third-order valence-corrected chi connectivity index (χ3v) is 2.90. The topological polar surface area (TPSA) is 41.6 Å². The van der Waals surface area contributed by atoms with Crippen molar-refractivity contribution in [2.75, 3.05) is 6.54 Å². The predicted molar refractivity (Wildman–Crippen MR) is 56.7 cm³/mol. The SMILES string of the molecule is CCC(C)N1C(N)=NCC1C(C)C. The van der Waals surface area contributed by atoms with Gasteiger partial charge in [0.2, 0.25) is 0 Å². The molecule has 1 aliphatic heterocycles. The first-order valence-electron chi connectivity index (χ1n) is 5.16. The molecule has 3 nitrogen and oxygen atoms in total. The van der Waals surface area contributed by atoms with E-state index >= 15 is 0 Å². The van der Waals surface area contributed by atoms with Crippen molar-refractivity contribution in [3.8, 4) is 0 Å². The summed E-state index contributed by atoms with van der Waals surface area (Å²) in [7, 11) is 0. The van der Waals surface area contributed by atoms with Gasteiger partial charge in [-0.25, -0.2) is 0 Å². The van der Waals surface area contributed by atoms with Crippen molar-refractivity contribution in [2.45, 2.75) is 46.2 Å². The summed E-state index contributed by atoms with van der Waals surface area (Å²) < 4.78 is 0. The van der Waals surface area contributed by atoms with Crippen LogP contribution in [0.25, 0.3) is 0 Å². The van der Waals surface area contributed by atoms with E-state index in [1.165, 1.54) is 0 Å². The fraction of sp³-hybridized carbons (Fsp3) is 0.900. The van der Waals surface area contributed by atoms with Crippen LogP contribution in [0.3, 0.4) is 0 Å². The maximum atomic E-state index is 5.86. The normalized spacial score (nSPS) is 25.2. The van der Waals surface area contributed by atoms with Crippen molar-refractivity contribution in [3.63, 3.8) is 0 Å². The van der Waals surface area contributed by atoms with E-state index in [4.69, 9.17) is 5.73 Å². The van der Waals surface area contributed by atoms with Crippen LogP contribution in [0.1, 0.15) is 34.1 Å². The summed E-state index contributed by atoms with van der Waals surface area (Å²) >= 11 is 0. The first-order valence-corrected chi connectivity index (χ1v) is 5.16. The molecule has 0 radical (unpaired) electrons. The van der Waals surface area contributed by atoms with E-state index in [1.807, 2.05) is 0 Å². The van der Waals surface area contributed by atoms with E-state index in [9.17, 15) is 0 Å². The lowest BCUT2D eigenvalue weighted by atomic mass is 10.0. The van der Waals surface area contributed by atoms with Gasteiger partial charge in [0.15, 0.2) is 5.96 Å². The van der Waals surface area contributed by atoms with Crippen LogP contribution in [-0.4, -0.2) is 29.5 Å². The van der Waals surface area contributed by atoms with Crippen LogP contribution in [0, 0.1) is 5.92 Å². The molecule has 0 saturated carbocycles. The molecular weight excluding hydrogens is 162 g/mol. The molecule has 0 bridgehead atoms. The van der Waals surface area contributed by atoms with Crippen LogP contribution < -0.4 is 5.73 Å². The average Bonchev–Trinajstić information content (AvgIpc) is 2.46. The minimum absolute atomic E-state index is 0.509. The highest BCUT2D eigenvalue weighted by Gasteiger charge is 2.30. The summed E-state index contributed by atoms with van der Waals surface area (Å²) in [4.78, 5) is 6.58. The number of hydrogen-bond donors (Lipinski definition) is 1. The van der Waals surface area contributed by atoms with Gasteiger partial charge in [0.25, 0.3) is 0 Å². The Morgan fingerprint density at radius 3 is 2.62 bits per heavy atom. The number of aliphatic imine (C=N–C) groups is 1. The Labute approximate surface area is 81.0 Å². The minimum atomic E-state index is 0.509. The van der Waals surface area contributed by atoms with Crippen molar-refractivity contribution >= 4 is 5.96 Å². The molecule has 0 spiro atoms. The lowest BCUT2D eigenvalue weighted by Gasteiger charge is -2.33. The van der Waals surface area contributed by atoms with Gasteiger partial charge in [0.05, 0.1) is 12.6 Å². The Morgan fingerprint density at radius 1 is 1.54 bits per heavy atom. The van der Waals surface area contributed by atoms with Crippen LogP contribution in [0.4, 0.5) is 0 Å². The van der Waals surface area contributed by atoms with Crippen molar-refractivity contribution in [2.24, 2.45) is 16.6 Å². The van der Waals surface area contributed by atoms with E-state index in [0.29, 0.717) is 18.0 Å². The zero-order valence-corrected chi connectivity index (χ0v) is 9.12. The van der Waals surface area contributed by atoms with Crippen LogP contribution in [0.2, 0.25) is 0 Å². The first kappa shape index (κ1) is 10.4. The molecule has 13 heavy (non-hydrogen) atoms.